The maximum absolute atomic E-state index is 13.5. The van der Waals surface area contributed by atoms with E-state index in [2.05, 4.69) is 10.6 Å². The van der Waals surface area contributed by atoms with Crippen molar-refractivity contribution >= 4 is 11.4 Å². The second kappa shape index (κ2) is 5.26. The van der Waals surface area contributed by atoms with Crippen LogP contribution in [0.2, 0.25) is 0 Å². The summed E-state index contributed by atoms with van der Waals surface area (Å²) in [5.41, 5.74) is 0.898. The standard InChI is InChI=1S/C15H20FN3O2/c1-10-7-13(14(19(20)21)8-12(10)16)18-11-3-6-17-15(9-11)4-2-5-15/h7-8,11,17-18H,2-6,9H2,1H3. The summed E-state index contributed by atoms with van der Waals surface area (Å²) in [7, 11) is 0. The normalized spacial score (nSPS) is 23.6. The summed E-state index contributed by atoms with van der Waals surface area (Å²) < 4.78 is 13.5. The predicted molar refractivity (Wildman–Crippen MR) is 79.0 cm³/mol. The predicted octanol–water partition coefficient (Wildman–Crippen LogP) is 3.13. The maximum Gasteiger partial charge on any atom is 0.295 e. The number of benzene rings is 1. The summed E-state index contributed by atoms with van der Waals surface area (Å²) in [4.78, 5) is 10.6. The van der Waals surface area contributed by atoms with Crippen LogP contribution in [0.5, 0.6) is 0 Å². The van der Waals surface area contributed by atoms with Crippen LogP contribution in [0, 0.1) is 22.9 Å². The van der Waals surface area contributed by atoms with Gasteiger partial charge in [0, 0.05) is 11.6 Å². The molecule has 6 heteroatoms. The first-order chi connectivity index (χ1) is 9.99. The van der Waals surface area contributed by atoms with Crippen LogP contribution in [-0.2, 0) is 0 Å². The average Bonchev–Trinajstić information content (AvgIpc) is 2.41. The van der Waals surface area contributed by atoms with Crippen molar-refractivity contribution < 1.29 is 9.31 Å². The van der Waals surface area contributed by atoms with Gasteiger partial charge in [-0.25, -0.2) is 4.39 Å². The molecular weight excluding hydrogens is 273 g/mol. The van der Waals surface area contributed by atoms with Crippen molar-refractivity contribution in [2.45, 2.75) is 50.6 Å². The Kier molecular flexibility index (Phi) is 3.57. The molecule has 1 spiro atoms. The van der Waals surface area contributed by atoms with Gasteiger partial charge in [-0.05, 0) is 57.2 Å². The molecule has 0 radical (unpaired) electrons. The summed E-state index contributed by atoms with van der Waals surface area (Å²) in [5.74, 6) is -0.534. The highest BCUT2D eigenvalue weighted by Gasteiger charge is 2.41. The number of rotatable bonds is 3. The average molecular weight is 293 g/mol. The van der Waals surface area contributed by atoms with E-state index in [0.29, 0.717) is 11.3 Å². The van der Waals surface area contributed by atoms with Gasteiger partial charge in [0.25, 0.3) is 5.69 Å². The summed E-state index contributed by atoms with van der Waals surface area (Å²) in [5, 5.41) is 18.0. The van der Waals surface area contributed by atoms with Crippen LogP contribution in [0.1, 0.15) is 37.7 Å². The molecule has 114 valence electrons. The molecule has 1 aliphatic heterocycles. The second-order valence-corrected chi connectivity index (χ2v) is 6.27. The van der Waals surface area contributed by atoms with Gasteiger partial charge in [-0.2, -0.15) is 0 Å². The first-order valence-electron chi connectivity index (χ1n) is 7.45. The van der Waals surface area contributed by atoms with Gasteiger partial charge in [0.1, 0.15) is 11.5 Å². The molecule has 0 bridgehead atoms. The van der Waals surface area contributed by atoms with Crippen molar-refractivity contribution in [3.63, 3.8) is 0 Å². The fourth-order valence-corrected chi connectivity index (χ4v) is 3.42. The summed E-state index contributed by atoms with van der Waals surface area (Å²) >= 11 is 0. The van der Waals surface area contributed by atoms with Crippen molar-refractivity contribution in [1.29, 1.82) is 0 Å². The lowest BCUT2D eigenvalue weighted by Gasteiger charge is -2.48. The van der Waals surface area contributed by atoms with Gasteiger partial charge in [-0.1, -0.05) is 0 Å². The van der Waals surface area contributed by atoms with Crippen molar-refractivity contribution in [1.82, 2.24) is 5.32 Å². The van der Waals surface area contributed by atoms with Crippen molar-refractivity contribution in [2.24, 2.45) is 0 Å². The van der Waals surface area contributed by atoms with E-state index in [0.717, 1.165) is 25.5 Å². The van der Waals surface area contributed by atoms with E-state index in [-0.39, 0.29) is 17.3 Å². The molecule has 2 N–H and O–H groups in total. The Morgan fingerprint density at radius 3 is 2.86 bits per heavy atom. The number of nitrogens with zero attached hydrogens (tertiary/aromatic N) is 1. The molecule has 0 aromatic heterocycles. The zero-order valence-corrected chi connectivity index (χ0v) is 12.1. The minimum absolute atomic E-state index is 0.181. The Morgan fingerprint density at radius 2 is 2.24 bits per heavy atom. The van der Waals surface area contributed by atoms with Gasteiger partial charge < -0.3 is 10.6 Å². The van der Waals surface area contributed by atoms with E-state index in [1.54, 1.807) is 13.0 Å². The van der Waals surface area contributed by atoms with E-state index in [1.807, 2.05) is 0 Å². The Hall–Kier alpha value is -1.69. The van der Waals surface area contributed by atoms with Crippen LogP contribution in [-0.4, -0.2) is 23.0 Å². The topological polar surface area (TPSA) is 67.2 Å². The molecular formula is C15H20FN3O2. The molecule has 1 saturated heterocycles. The lowest BCUT2D eigenvalue weighted by molar-refractivity contribution is -0.384. The third kappa shape index (κ3) is 2.72. The fraction of sp³-hybridized carbons (Fsp3) is 0.600. The smallest absolute Gasteiger partial charge is 0.295 e. The first kappa shape index (κ1) is 14.3. The summed E-state index contributed by atoms with van der Waals surface area (Å²) in [6, 6.07) is 2.76. The molecule has 3 rings (SSSR count). The van der Waals surface area contributed by atoms with E-state index < -0.39 is 10.7 Å². The van der Waals surface area contributed by atoms with Gasteiger partial charge in [0.2, 0.25) is 0 Å². The Morgan fingerprint density at radius 1 is 1.48 bits per heavy atom. The molecule has 1 atom stereocenters. The number of nitro benzene ring substituents is 1. The van der Waals surface area contributed by atoms with E-state index >= 15 is 0 Å². The van der Waals surface area contributed by atoms with Gasteiger partial charge in [0.05, 0.1) is 11.0 Å². The number of anilines is 1. The van der Waals surface area contributed by atoms with Gasteiger partial charge in [-0.3, -0.25) is 10.1 Å². The Labute approximate surface area is 123 Å². The molecule has 1 unspecified atom stereocenters. The Bertz CT molecular complexity index is 572. The highest BCUT2D eigenvalue weighted by atomic mass is 19.1. The minimum Gasteiger partial charge on any atom is -0.377 e. The van der Waals surface area contributed by atoms with Crippen molar-refractivity contribution in [3.8, 4) is 0 Å². The SMILES string of the molecule is Cc1cc(NC2CCNC3(CCC3)C2)c([N+](=O)[O-])cc1F. The van der Waals surface area contributed by atoms with E-state index in [1.165, 1.54) is 19.3 Å². The van der Waals surface area contributed by atoms with Gasteiger partial charge >= 0.3 is 0 Å². The van der Waals surface area contributed by atoms with Crippen molar-refractivity contribution in [2.75, 3.05) is 11.9 Å². The molecule has 1 heterocycles. The largest absolute Gasteiger partial charge is 0.377 e. The van der Waals surface area contributed by atoms with Crippen molar-refractivity contribution in [3.05, 3.63) is 33.6 Å². The molecule has 2 aliphatic rings. The fourth-order valence-electron chi connectivity index (χ4n) is 3.42. The number of hydrogen-bond donors (Lipinski definition) is 2. The van der Waals surface area contributed by atoms with Crippen LogP contribution in [0.3, 0.4) is 0 Å². The van der Waals surface area contributed by atoms with Crippen LogP contribution >= 0.6 is 0 Å². The third-order valence-electron chi connectivity index (χ3n) is 4.77. The van der Waals surface area contributed by atoms with Gasteiger partial charge in [-0.15, -0.1) is 0 Å². The lowest BCUT2D eigenvalue weighted by atomic mass is 9.70. The first-order valence-corrected chi connectivity index (χ1v) is 7.45. The molecule has 0 amide bonds. The zero-order valence-electron chi connectivity index (χ0n) is 12.1. The maximum atomic E-state index is 13.5. The molecule has 1 aromatic rings. The monoisotopic (exact) mass is 293 g/mol. The van der Waals surface area contributed by atoms with Crippen LogP contribution < -0.4 is 10.6 Å². The summed E-state index contributed by atoms with van der Waals surface area (Å²) in [6.07, 6.45) is 5.50. The molecule has 2 fully saturated rings. The zero-order chi connectivity index (χ0) is 15.0. The van der Waals surface area contributed by atoms with E-state index in [9.17, 15) is 14.5 Å². The summed E-state index contributed by atoms with van der Waals surface area (Å²) in [6.45, 7) is 2.55. The Balaban J connectivity index is 1.80. The number of aryl methyl sites for hydroxylation is 1. The molecule has 1 aliphatic carbocycles. The van der Waals surface area contributed by atoms with Crippen LogP contribution in [0.15, 0.2) is 12.1 Å². The molecule has 5 nitrogen and oxygen atoms in total. The molecule has 1 saturated carbocycles. The van der Waals surface area contributed by atoms with Crippen LogP contribution in [0.25, 0.3) is 0 Å². The number of nitro groups is 1. The third-order valence-corrected chi connectivity index (χ3v) is 4.77. The molecule has 21 heavy (non-hydrogen) atoms. The van der Waals surface area contributed by atoms with Gasteiger partial charge in [0.15, 0.2) is 0 Å². The number of piperidine rings is 1. The number of hydrogen-bond acceptors (Lipinski definition) is 4. The second-order valence-electron chi connectivity index (χ2n) is 6.27. The van der Waals surface area contributed by atoms with E-state index in [4.69, 9.17) is 0 Å². The molecule has 1 aromatic carbocycles. The number of halogens is 1. The lowest BCUT2D eigenvalue weighted by Crippen LogP contribution is -2.58. The highest BCUT2D eigenvalue weighted by molar-refractivity contribution is 5.63. The number of nitrogens with one attached hydrogen (secondary N) is 2. The quantitative estimate of drug-likeness (QED) is 0.663. The minimum atomic E-state index is -0.534. The highest BCUT2D eigenvalue weighted by Crippen LogP contribution is 2.39. The van der Waals surface area contributed by atoms with Crippen LogP contribution in [0.4, 0.5) is 15.8 Å².